The average Bonchev–Trinajstić information content (AvgIpc) is 2.83. The fourth-order valence-corrected chi connectivity index (χ4v) is 5.22. The minimum absolute atomic E-state index is 0.0606. The highest BCUT2D eigenvalue weighted by molar-refractivity contribution is 5.99. The van der Waals surface area contributed by atoms with Gasteiger partial charge in [-0.05, 0) is 42.2 Å². The molecule has 2 aromatic carbocycles. The van der Waals surface area contributed by atoms with E-state index in [-0.39, 0.29) is 23.3 Å². The molecule has 2 aliphatic heterocycles. The van der Waals surface area contributed by atoms with Gasteiger partial charge in [-0.15, -0.1) is 0 Å². The second kappa shape index (κ2) is 9.17. The molecule has 0 spiro atoms. The number of nitrogens with zero attached hydrogens (tertiary/aromatic N) is 2. The third-order valence-electron chi connectivity index (χ3n) is 6.69. The van der Waals surface area contributed by atoms with Gasteiger partial charge in [-0.25, -0.2) is 0 Å². The van der Waals surface area contributed by atoms with Gasteiger partial charge in [-0.1, -0.05) is 36.4 Å². The summed E-state index contributed by atoms with van der Waals surface area (Å²) in [5, 5.41) is 5.86. The van der Waals surface area contributed by atoms with E-state index in [9.17, 15) is 14.4 Å². The van der Waals surface area contributed by atoms with E-state index in [1.165, 1.54) is 6.92 Å². The van der Waals surface area contributed by atoms with Gasteiger partial charge in [0.05, 0.1) is 11.4 Å². The summed E-state index contributed by atoms with van der Waals surface area (Å²) in [4.78, 5) is 39.4. The Balaban J connectivity index is 1.39. The molecule has 5 rings (SSSR count). The molecule has 0 radical (unpaired) electrons. The molecule has 1 aromatic heterocycles. The van der Waals surface area contributed by atoms with Gasteiger partial charge in [-0.3, -0.25) is 14.4 Å². The number of hydrogen-bond donors (Lipinski definition) is 2. The SMILES string of the molecule is CC(=O)Nc1cc(C(=O)NCc2ccccc2)ccc1N1C[C@@H]2C[C@@H](C1)c1cccc(=O)n1C2. The highest BCUT2D eigenvalue weighted by atomic mass is 16.2. The summed E-state index contributed by atoms with van der Waals surface area (Å²) in [5.41, 5.74) is 4.18. The smallest absolute Gasteiger partial charge is 0.251 e. The third kappa shape index (κ3) is 4.46. The molecule has 7 heteroatoms. The Morgan fingerprint density at radius 2 is 1.79 bits per heavy atom. The molecule has 1 fully saturated rings. The summed E-state index contributed by atoms with van der Waals surface area (Å²) in [6, 6.07) is 20.7. The van der Waals surface area contributed by atoms with Crippen molar-refractivity contribution in [3.63, 3.8) is 0 Å². The lowest BCUT2D eigenvalue weighted by Crippen LogP contribution is -2.47. The van der Waals surface area contributed by atoms with E-state index in [2.05, 4.69) is 15.5 Å². The molecular formula is C27H28N4O3. The topological polar surface area (TPSA) is 83.4 Å². The fourth-order valence-electron chi connectivity index (χ4n) is 5.22. The first-order valence-electron chi connectivity index (χ1n) is 11.7. The van der Waals surface area contributed by atoms with Crippen molar-refractivity contribution in [2.45, 2.75) is 32.4 Å². The largest absolute Gasteiger partial charge is 0.369 e. The number of hydrogen-bond acceptors (Lipinski definition) is 4. The number of benzene rings is 2. The van der Waals surface area contributed by atoms with Crippen LogP contribution in [0.2, 0.25) is 0 Å². The Bertz CT molecular complexity index is 1280. The number of carbonyl (C=O) groups excluding carboxylic acids is 2. The quantitative estimate of drug-likeness (QED) is 0.617. The van der Waals surface area contributed by atoms with Gasteiger partial charge in [0.15, 0.2) is 0 Å². The summed E-state index contributed by atoms with van der Waals surface area (Å²) in [6.07, 6.45) is 1.05. The van der Waals surface area contributed by atoms with Crippen molar-refractivity contribution in [2.24, 2.45) is 5.92 Å². The van der Waals surface area contributed by atoms with Crippen LogP contribution in [-0.4, -0.2) is 29.5 Å². The molecular weight excluding hydrogens is 428 g/mol. The summed E-state index contributed by atoms with van der Waals surface area (Å²) in [6.45, 7) is 4.16. The van der Waals surface area contributed by atoms with E-state index in [1.807, 2.05) is 59.2 Å². The molecule has 2 bridgehead atoms. The normalized spacial score (nSPS) is 18.7. The maximum atomic E-state index is 12.8. The monoisotopic (exact) mass is 456 g/mol. The lowest BCUT2D eigenvalue weighted by Gasteiger charge is -2.44. The lowest BCUT2D eigenvalue weighted by molar-refractivity contribution is -0.114. The van der Waals surface area contributed by atoms with Gasteiger partial charge in [0.25, 0.3) is 11.5 Å². The highest BCUT2D eigenvalue weighted by Crippen LogP contribution is 2.39. The van der Waals surface area contributed by atoms with Crippen LogP contribution >= 0.6 is 0 Å². The zero-order valence-electron chi connectivity index (χ0n) is 19.2. The van der Waals surface area contributed by atoms with E-state index in [1.54, 1.807) is 12.1 Å². The number of nitrogens with one attached hydrogen (secondary N) is 2. The maximum absolute atomic E-state index is 12.8. The van der Waals surface area contributed by atoms with Crippen molar-refractivity contribution in [2.75, 3.05) is 23.3 Å². The molecule has 3 heterocycles. The lowest BCUT2D eigenvalue weighted by atomic mass is 9.83. The second-order valence-electron chi connectivity index (χ2n) is 9.18. The zero-order valence-corrected chi connectivity index (χ0v) is 19.2. The second-order valence-corrected chi connectivity index (χ2v) is 9.18. The van der Waals surface area contributed by atoms with E-state index < -0.39 is 0 Å². The molecule has 34 heavy (non-hydrogen) atoms. The number of aromatic nitrogens is 1. The van der Waals surface area contributed by atoms with Crippen molar-refractivity contribution < 1.29 is 9.59 Å². The molecule has 2 N–H and O–H groups in total. The molecule has 0 saturated carbocycles. The van der Waals surface area contributed by atoms with Gasteiger partial charge in [-0.2, -0.15) is 0 Å². The Hall–Kier alpha value is -3.87. The van der Waals surface area contributed by atoms with Gasteiger partial charge >= 0.3 is 0 Å². The third-order valence-corrected chi connectivity index (χ3v) is 6.69. The molecule has 174 valence electrons. The van der Waals surface area contributed by atoms with Crippen molar-refractivity contribution in [3.05, 3.63) is 93.9 Å². The summed E-state index contributed by atoms with van der Waals surface area (Å²) in [5.74, 6) is 0.230. The van der Waals surface area contributed by atoms with Crippen molar-refractivity contribution >= 4 is 23.2 Å². The van der Waals surface area contributed by atoms with Crippen molar-refractivity contribution in [1.82, 2.24) is 9.88 Å². The Morgan fingerprint density at radius 3 is 2.59 bits per heavy atom. The van der Waals surface area contributed by atoms with Gasteiger partial charge in [0.1, 0.15) is 0 Å². The predicted molar refractivity (Wildman–Crippen MR) is 132 cm³/mol. The number of carbonyl (C=O) groups is 2. The van der Waals surface area contributed by atoms with Crippen LogP contribution in [0, 0.1) is 5.92 Å². The number of amides is 2. The predicted octanol–water partition coefficient (Wildman–Crippen LogP) is 3.36. The van der Waals surface area contributed by atoms with Crippen LogP contribution in [-0.2, 0) is 17.9 Å². The summed E-state index contributed by atoms with van der Waals surface area (Å²) >= 11 is 0. The molecule has 2 atom stereocenters. The highest BCUT2D eigenvalue weighted by Gasteiger charge is 2.35. The van der Waals surface area contributed by atoms with Gasteiger partial charge < -0.3 is 20.1 Å². The van der Waals surface area contributed by atoms with E-state index in [0.29, 0.717) is 30.3 Å². The number of rotatable bonds is 5. The summed E-state index contributed by atoms with van der Waals surface area (Å²) in [7, 11) is 0. The minimum atomic E-state index is -0.189. The molecule has 3 aromatic rings. The number of piperidine rings is 1. The number of anilines is 2. The Labute approximate surface area is 198 Å². The first-order chi connectivity index (χ1) is 16.5. The standard InChI is InChI=1S/C27H28N4O3/c1-18(32)29-23-13-21(27(34)28-14-19-6-3-2-4-7-19)10-11-25(23)30-15-20-12-22(17-30)24-8-5-9-26(33)31(24)16-20/h2-11,13,20,22H,12,14-17H2,1H3,(H,28,34)(H,29,32)/t20-,22-/m0/s1. The molecule has 2 aliphatic rings. The van der Waals surface area contributed by atoms with E-state index >= 15 is 0 Å². The van der Waals surface area contributed by atoms with E-state index in [4.69, 9.17) is 0 Å². The molecule has 0 unspecified atom stereocenters. The van der Waals surface area contributed by atoms with E-state index in [0.717, 1.165) is 36.5 Å². The molecule has 2 amide bonds. The first kappa shape index (κ1) is 21.9. The minimum Gasteiger partial charge on any atom is -0.369 e. The zero-order chi connectivity index (χ0) is 23.7. The van der Waals surface area contributed by atoms with Crippen LogP contribution in [0.25, 0.3) is 0 Å². The maximum Gasteiger partial charge on any atom is 0.251 e. The number of fused-ring (bicyclic) bond motifs is 4. The molecule has 0 aliphatic carbocycles. The molecule has 1 saturated heterocycles. The van der Waals surface area contributed by atoms with Gasteiger partial charge in [0, 0.05) is 56.3 Å². The fraction of sp³-hybridized carbons (Fsp3) is 0.296. The van der Waals surface area contributed by atoms with Gasteiger partial charge in [0.2, 0.25) is 5.91 Å². The van der Waals surface area contributed by atoms with Crippen LogP contribution in [0.15, 0.2) is 71.5 Å². The number of pyridine rings is 1. The van der Waals surface area contributed by atoms with Crippen molar-refractivity contribution in [3.8, 4) is 0 Å². The van der Waals surface area contributed by atoms with Crippen LogP contribution in [0.1, 0.15) is 40.9 Å². The van der Waals surface area contributed by atoms with Crippen molar-refractivity contribution in [1.29, 1.82) is 0 Å². The Kier molecular flexibility index (Phi) is 5.92. The molecule has 7 nitrogen and oxygen atoms in total. The van der Waals surface area contributed by atoms with Crippen LogP contribution in [0.3, 0.4) is 0 Å². The first-order valence-corrected chi connectivity index (χ1v) is 11.7. The van der Waals surface area contributed by atoms with Crippen LogP contribution < -0.4 is 21.1 Å². The average molecular weight is 457 g/mol. The Morgan fingerprint density at radius 1 is 0.971 bits per heavy atom. The van der Waals surface area contributed by atoms with Crippen LogP contribution in [0.4, 0.5) is 11.4 Å². The summed E-state index contributed by atoms with van der Waals surface area (Å²) < 4.78 is 1.91. The van der Waals surface area contributed by atoms with Crippen LogP contribution in [0.5, 0.6) is 0 Å².